The lowest BCUT2D eigenvalue weighted by atomic mass is 10.1. The van der Waals surface area contributed by atoms with Crippen molar-refractivity contribution in [2.24, 2.45) is 0 Å². The quantitative estimate of drug-likeness (QED) is 0.406. The molecule has 7 heteroatoms. The standard InChI is InChI=1S/C23H20N6S/c1-14-18(15(2)29-28-14)12-25-22-20-19(16-7-4-3-5-8-16)13-30-23(20)27-21(26-22)17-9-6-10-24-11-17/h3-11,13H,12H2,1-2H3,(H,28,29)(H,25,26,27). The largest absolute Gasteiger partial charge is 0.365 e. The summed E-state index contributed by atoms with van der Waals surface area (Å²) in [5.74, 6) is 1.49. The van der Waals surface area contributed by atoms with Crippen LogP contribution in [0.25, 0.3) is 32.7 Å². The van der Waals surface area contributed by atoms with Gasteiger partial charge >= 0.3 is 0 Å². The number of hydrogen-bond acceptors (Lipinski definition) is 6. The number of benzene rings is 1. The number of fused-ring (bicyclic) bond motifs is 1. The molecule has 2 N–H and O–H groups in total. The predicted octanol–water partition coefficient (Wildman–Crippen LogP) is 5.37. The molecule has 0 saturated carbocycles. The van der Waals surface area contributed by atoms with Crippen LogP contribution in [0.4, 0.5) is 5.82 Å². The molecule has 1 aromatic carbocycles. The highest BCUT2D eigenvalue weighted by atomic mass is 32.1. The molecule has 0 aliphatic carbocycles. The fourth-order valence-corrected chi connectivity index (χ4v) is 4.48. The molecule has 6 nitrogen and oxygen atoms in total. The average molecular weight is 413 g/mol. The monoisotopic (exact) mass is 412 g/mol. The second-order valence-corrected chi connectivity index (χ2v) is 7.96. The molecule has 5 rings (SSSR count). The molecule has 0 atom stereocenters. The Kier molecular flexibility index (Phi) is 4.72. The summed E-state index contributed by atoms with van der Waals surface area (Å²) in [6, 6.07) is 14.2. The number of pyridine rings is 1. The Hall–Kier alpha value is -3.58. The molecule has 0 bridgehead atoms. The maximum atomic E-state index is 4.90. The van der Waals surface area contributed by atoms with E-state index in [1.807, 2.05) is 32.0 Å². The molecule has 0 aliphatic rings. The number of rotatable bonds is 5. The van der Waals surface area contributed by atoms with Crippen LogP contribution in [-0.4, -0.2) is 25.1 Å². The molecular formula is C23H20N6S. The van der Waals surface area contributed by atoms with Crippen molar-refractivity contribution in [2.45, 2.75) is 20.4 Å². The molecular weight excluding hydrogens is 392 g/mol. The maximum Gasteiger partial charge on any atom is 0.164 e. The lowest BCUT2D eigenvalue weighted by Crippen LogP contribution is -2.05. The van der Waals surface area contributed by atoms with Crippen LogP contribution in [0.1, 0.15) is 17.0 Å². The molecule has 30 heavy (non-hydrogen) atoms. The van der Waals surface area contributed by atoms with Gasteiger partial charge in [-0.15, -0.1) is 11.3 Å². The number of thiophene rings is 1. The van der Waals surface area contributed by atoms with Gasteiger partial charge in [-0.3, -0.25) is 10.1 Å². The molecule has 0 spiro atoms. The average Bonchev–Trinajstić information content (AvgIpc) is 3.36. The van der Waals surface area contributed by atoms with Crippen molar-refractivity contribution in [2.75, 3.05) is 5.32 Å². The Bertz CT molecular complexity index is 1290. The van der Waals surface area contributed by atoms with Gasteiger partial charge in [0.05, 0.1) is 11.1 Å². The molecule has 0 saturated heterocycles. The van der Waals surface area contributed by atoms with Gasteiger partial charge in [0.1, 0.15) is 10.6 Å². The Morgan fingerprint density at radius 2 is 1.83 bits per heavy atom. The van der Waals surface area contributed by atoms with Gasteiger partial charge in [0.15, 0.2) is 5.82 Å². The van der Waals surface area contributed by atoms with E-state index in [0.29, 0.717) is 12.4 Å². The van der Waals surface area contributed by atoms with E-state index in [0.717, 1.165) is 49.7 Å². The van der Waals surface area contributed by atoms with Crippen molar-refractivity contribution in [3.8, 4) is 22.5 Å². The third-order valence-electron chi connectivity index (χ3n) is 5.15. The summed E-state index contributed by atoms with van der Waals surface area (Å²) in [6.07, 6.45) is 3.55. The van der Waals surface area contributed by atoms with Gasteiger partial charge in [-0.25, -0.2) is 9.97 Å². The number of nitrogens with one attached hydrogen (secondary N) is 2. The zero-order chi connectivity index (χ0) is 20.5. The molecule has 0 aliphatic heterocycles. The summed E-state index contributed by atoms with van der Waals surface area (Å²) in [4.78, 5) is 14.9. The van der Waals surface area contributed by atoms with Crippen molar-refractivity contribution < 1.29 is 0 Å². The van der Waals surface area contributed by atoms with Crippen molar-refractivity contribution in [1.82, 2.24) is 25.1 Å². The molecule has 0 fully saturated rings. The Morgan fingerprint density at radius 3 is 2.57 bits per heavy atom. The Balaban J connectivity index is 1.65. The van der Waals surface area contributed by atoms with E-state index in [9.17, 15) is 0 Å². The van der Waals surface area contributed by atoms with Gasteiger partial charge in [0.25, 0.3) is 0 Å². The molecule has 4 heterocycles. The lowest BCUT2D eigenvalue weighted by molar-refractivity contribution is 1.02. The van der Waals surface area contributed by atoms with Crippen LogP contribution < -0.4 is 5.32 Å². The third-order valence-corrected chi connectivity index (χ3v) is 6.02. The van der Waals surface area contributed by atoms with Crippen LogP contribution >= 0.6 is 11.3 Å². The highest BCUT2D eigenvalue weighted by Gasteiger charge is 2.17. The number of hydrogen-bond donors (Lipinski definition) is 2. The summed E-state index contributed by atoms with van der Waals surface area (Å²) in [7, 11) is 0. The fraction of sp³-hybridized carbons (Fsp3) is 0.130. The number of aryl methyl sites for hydroxylation is 2. The van der Waals surface area contributed by atoms with Gasteiger partial charge in [-0.2, -0.15) is 5.10 Å². The summed E-state index contributed by atoms with van der Waals surface area (Å²) < 4.78 is 0. The zero-order valence-electron chi connectivity index (χ0n) is 16.7. The first kappa shape index (κ1) is 18.4. The van der Waals surface area contributed by atoms with Crippen LogP contribution in [-0.2, 0) is 6.54 Å². The second-order valence-electron chi connectivity index (χ2n) is 7.10. The van der Waals surface area contributed by atoms with Crippen LogP contribution in [0.5, 0.6) is 0 Å². The van der Waals surface area contributed by atoms with Gasteiger partial charge < -0.3 is 5.32 Å². The molecule has 0 unspecified atom stereocenters. The summed E-state index contributed by atoms with van der Waals surface area (Å²) in [5, 5.41) is 14.1. The number of aromatic nitrogens is 5. The van der Waals surface area contributed by atoms with Crippen molar-refractivity contribution in [1.29, 1.82) is 0 Å². The highest BCUT2D eigenvalue weighted by Crippen LogP contribution is 2.38. The van der Waals surface area contributed by atoms with Gasteiger partial charge in [0, 0.05) is 46.7 Å². The highest BCUT2D eigenvalue weighted by molar-refractivity contribution is 7.17. The first-order valence-electron chi connectivity index (χ1n) is 9.70. The van der Waals surface area contributed by atoms with Gasteiger partial charge in [0.2, 0.25) is 0 Å². The predicted molar refractivity (Wildman–Crippen MR) is 121 cm³/mol. The smallest absolute Gasteiger partial charge is 0.164 e. The van der Waals surface area contributed by atoms with E-state index in [2.05, 4.69) is 50.1 Å². The molecule has 0 amide bonds. The van der Waals surface area contributed by atoms with Crippen LogP contribution in [0.3, 0.4) is 0 Å². The fourth-order valence-electron chi connectivity index (χ4n) is 3.53. The van der Waals surface area contributed by atoms with E-state index >= 15 is 0 Å². The number of nitrogens with zero attached hydrogens (tertiary/aromatic N) is 4. The lowest BCUT2D eigenvalue weighted by Gasteiger charge is -2.11. The number of anilines is 1. The number of aromatic amines is 1. The molecule has 148 valence electrons. The minimum absolute atomic E-state index is 0.636. The minimum atomic E-state index is 0.636. The van der Waals surface area contributed by atoms with Crippen molar-refractivity contribution in [3.05, 3.63) is 77.2 Å². The topological polar surface area (TPSA) is 79.4 Å². The van der Waals surface area contributed by atoms with Gasteiger partial charge in [-0.1, -0.05) is 30.3 Å². The van der Waals surface area contributed by atoms with Crippen LogP contribution in [0, 0.1) is 13.8 Å². The Labute approximate surface area is 178 Å². The zero-order valence-corrected chi connectivity index (χ0v) is 17.5. The maximum absolute atomic E-state index is 4.90. The van der Waals surface area contributed by atoms with Crippen molar-refractivity contribution >= 4 is 27.4 Å². The van der Waals surface area contributed by atoms with Crippen molar-refractivity contribution in [3.63, 3.8) is 0 Å². The van der Waals surface area contributed by atoms with E-state index < -0.39 is 0 Å². The Morgan fingerprint density at radius 1 is 1.00 bits per heavy atom. The first-order valence-corrected chi connectivity index (χ1v) is 10.6. The van der Waals surface area contributed by atoms with E-state index in [4.69, 9.17) is 9.97 Å². The SMILES string of the molecule is Cc1n[nH]c(C)c1CNc1nc(-c2cccnc2)nc2scc(-c3ccccc3)c12. The number of H-pyrrole nitrogens is 1. The minimum Gasteiger partial charge on any atom is -0.365 e. The van der Waals surface area contributed by atoms with Crippen LogP contribution in [0.2, 0.25) is 0 Å². The van der Waals surface area contributed by atoms with E-state index in [1.54, 1.807) is 23.7 Å². The summed E-state index contributed by atoms with van der Waals surface area (Å²) in [5.41, 5.74) is 6.39. The normalized spacial score (nSPS) is 11.1. The van der Waals surface area contributed by atoms with Gasteiger partial charge in [-0.05, 0) is 31.5 Å². The summed E-state index contributed by atoms with van der Waals surface area (Å²) in [6.45, 7) is 4.68. The van der Waals surface area contributed by atoms with E-state index in [1.165, 1.54) is 0 Å². The summed E-state index contributed by atoms with van der Waals surface area (Å²) >= 11 is 1.63. The molecule has 4 aromatic heterocycles. The first-order chi connectivity index (χ1) is 14.7. The molecule has 0 radical (unpaired) electrons. The molecule has 5 aromatic rings. The third kappa shape index (κ3) is 3.33. The van der Waals surface area contributed by atoms with Crippen LogP contribution in [0.15, 0.2) is 60.2 Å². The van der Waals surface area contributed by atoms with E-state index in [-0.39, 0.29) is 0 Å². The second kappa shape index (κ2) is 7.68.